The third-order valence-corrected chi connectivity index (χ3v) is 4.78. The molecule has 2 atom stereocenters. The van der Waals surface area contributed by atoms with Crippen LogP contribution >= 0.6 is 0 Å². The first-order chi connectivity index (χ1) is 12.7. The zero-order chi connectivity index (χ0) is 18.1. The molecule has 130 valence electrons. The highest BCUT2D eigenvalue weighted by Crippen LogP contribution is 2.44. The van der Waals surface area contributed by atoms with E-state index in [2.05, 4.69) is 0 Å². The van der Waals surface area contributed by atoms with Crippen LogP contribution in [0.25, 0.3) is 0 Å². The molecule has 0 bridgehead atoms. The average Bonchev–Trinajstić information content (AvgIpc) is 2.71. The van der Waals surface area contributed by atoms with Gasteiger partial charge in [-0.15, -0.1) is 0 Å². The number of carbonyl (C=O) groups is 1. The summed E-state index contributed by atoms with van der Waals surface area (Å²) in [6.07, 6.45) is -1.37. The van der Waals surface area contributed by atoms with Gasteiger partial charge in [-0.1, -0.05) is 54.6 Å². The first-order valence-electron chi connectivity index (χ1n) is 8.37. The van der Waals surface area contributed by atoms with E-state index in [0.29, 0.717) is 28.2 Å². The summed E-state index contributed by atoms with van der Waals surface area (Å²) in [4.78, 5) is 12.9. The van der Waals surface area contributed by atoms with E-state index in [1.165, 1.54) is 0 Å². The number of fused-ring (bicyclic) bond motifs is 1. The summed E-state index contributed by atoms with van der Waals surface area (Å²) < 4.78 is 11.6. The summed E-state index contributed by atoms with van der Waals surface area (Å²) >= 11 is 0. The summed E-state index contributed by atoms with van der Waals surface area (Å²) in [6.45, 7) is 0. The minimum atomic E-state index is -1.37. The predicted octanol–water partition coefficient (Wildman–Crippen LogP) is 3.58. The molecule has 0 fully saturated rings. The number of ketones is 1. The number of Topliss-reactive ketones (excluding diaryl/α,β-unsaturated/α-hetero) is 1. The third-order valence-electron chi connectivity index (χ3n) is 4.78. The topological polar surface area (TPSA) is 55.8 Å². The van der Waals surface area contributed by atoms with Crippen molar-refractivity contribution in [3.8, 4) is 11.5 Å². The Morgan fingerprint density at radius 1 is 0.885 bits per heavy atom. The summed E-state index contributed by atoms with van der Waals surface area (Å²) in [5, 5.41) is 11.1. The van der Waals surface area contributed by atoms with E-state index in [-0.39, 0.29) is 5.78 Å². The number of aliphatic hydroxyl groups excluding tert-OH is 1. The maximum atomic E-state index is 12.9. The molecule has 3 aromatic rings. The molecule has 1 aliphatic rings. The van der Waals surface area contributed by atoms with Gasteiger partial charge in [-0.3, -0.25) is 4.79 Å². The average molecular weight is 346 g/mol. The number of aliphatic hydroxyl groups is 1. The number of carbonyl (C=O) groups excluding carboxylic acids is 1. The van der Waals surface area contributed by atoms with Crippen LogP contribution in [0.2, 0.25) is 0 Å². The van der Waals surface area contributed by atoms with Gasteiger partial charge in [-0.05, 0) is 24.3 Å². The molecule has 1 aliphatic heterocycles. The Bertz CT molecular complexity index is 934. The van der Waals surface area contributed by atoms with Gasteiger partial charge in [-0.2, -0.15) is 0 Å². The Balaban J connectivity index is 1.96. The quantitative estimate of drug-likeness (QED) is 0.788. The molecule has 1 heterocycles. The van der Waals surface area contributed by atoms with E-state index in [1.54, 1.807) is 37.4 Å². The number of para-hydroxylation sites is 1. The second kappa shape index (κ2) is 6.32. The second-order valence-electron chi connectivity index (χ2n) is 6.20. The lowest BCUT2D eigenvalue weighted by atomic mass is 9.76. The lowest BCUT2D eigenvalue weighted by Crippen LogP contribution is -2.53. The Morgan fingerprint density at radius 2 is 1.50 bits per heavy atom. The smallest absolute Gasteiger partial charge is 0.199 e. The molecule has 0 aliphatic carbocycles. The minimum absolute atomic E-state index is 0.355. The van der Waals surface area contributed by atoms with E-state index in [4.69, 9.17) is 9.47 Å². The molecule has 4 heteroatoms. The molecular formula is C22H18O4. The van der Waals surface area contributed by atoms with Crippen LogP contribution in [0.5, 0.6) is 11.5 Å². The molecule has 3 aromatic carbocycles. The fraction of sp³-hybridized carbons (Fsp3) is 0.136. The largest absolute Gasteiger partial charge is 0.497 e. The van der Waals surface area contributed by atoms with Gasteiger partial charge in [0.15, 0.2) is 17.5 Å². The minimum Gasteiger partial charge on any atom is -0.497 e. The number of methoxy groups -OCH3 is 1. The maximum Gasteiger partial charge on any atom is 0.199 e. The summed E-state index contributed by atoms with van der Waals surface area (Å²) in [7, 11) is 1.59. The lowest BCUT2D eigenvalue weighted by molar-refractivity contribution is -0.0263. The Kier molecular flexibility index (Phi) is 3.98. The molecular weight excluding hydrogens is 328 g/mol. The summed E-state index contributed by atoms with van der Waals surface area (Å²) in [5.74, 6) is 0.794. The van der Waals surface area contributed by atoms with Gasteiger partial charge in [0.2, 0.25) is 0 Å². The SMILES string of the molecule is COc1ccc(C2(c3ccccc3)Oc3ccccc3C(=O)C2O)cc1. The number of benzene rings is 3. The van der Waals surface area contributed by atoms with Crippen LogP contribution in [-0.4, -0.2) is 24.1 Å². The van der Waals surface area contributed by atoms with E-state index < -0.39 is 11.7 Å². The van der Waals surface area contributed by atoms with Crippen LogP contribution in [0.15, 0.2) is 78.9 Å². The normalized spacial score (nSPS) is 21.6. The highest BCUT2D eigenvalue weighted by Gasteiger charge is 2.51. The predicted molar refractivity (Wildman–Crippen MR) is 97.6 cm³/mol. The standard InChI is InChI=1S/C22H18O4/c1-25-17-13-11-16(12-14-17)22(15-7-3-2-4-8-15)21(24)20(23)18-9-5-6-10-19(18)26-22/h2-14,21,24H,1H3. The van der Waals surface area contributed by atoms with Crippen molar-refractivity contribution in [2.24, 2.45) is 0 Å². The Hall–Kier alpha value is -3.11. The number of rotatable bonds is 3. The van der Waals surface area contributed by atoms with Crippen LogP contribution in [0.1, 0.15) is 21.5 Å². The summed E-state index contributed by atoms with van der Waals surface area (Å²) in [5.41, 5.74) is 0.458. The van der Waals surface area contributed by atoms with Crippen molar-refractivity contribution in [1.82, 2.24) is 0 Å². The van der Waals surface area contributed by atoms with Crippen molar-refractivity contribution in [1.29, 1.82) is 0 Å². The fourth-order valence-electron chi connectivity index (χ4n) is 3.44. The highest BCUT2D eigenvalue weighted by molar-refractivity contribution is 6.04. The van der Waals surface area contributed by atoms with Crippen molar-refractivity contribution >= 4 is 5.78 Å². The van der Waals surface area contributed by atoms with E-state index >= 15 is 0 Å². The maximum absolute atomic E-state index is 12.9. The van der Waals surface area contributed by atoms with E-state index in [9.17, 15) is 9.90 Å². The molecule has 4 rings (SSSR count). The molecule has 1 N–H and O–H groups in total. The Morgan fingerprint density at radius 3 is 2.19 bits per heavy atom. The zero-order valence-corrected chi connectivity index (χ0v) is 14.3. The van der Waals surface area contributed by atoms with Crippen molar-refractivity contribution < 1.29 is 19.4 Å². The number of hydrogen-bond acceptors (Lipinski definition) is 4. The van der Waals surface area contributed by atoms with Gasteiger partial charge in [0.05, 0.1) is 12.7 Å². The number of hydrogen-bond donors (Lipinski definition) is 1. The van der Waals surface area contributed by atoms with Crippen LogP contribution in [0, 0.1) is 0 Å². The van der Waals surface area contributed by atoms with Crippen molar-refractivity contribution in [3.05, 3.63) is 95.6 Å². The third kappa shape index (κ3) is 2.38. The number of ether oxygens (including phenoxy) is 2. The first-order valence-corrected chi connectivity index (χ1v) is 8.37. The van der Waals surface area contributed by atoms with Gasteiger partial charge in [-0.25, -0.2) is 0 Å². The summed E-state index contributed by atoms with van der Waals surface area (Å²) in [6, 6.07) is 23.5. The Labute approximate surface area is 151 Å². The molecule has 0 radical (unpaired) electrons. The van der Waals surface area contributed by atoms with Crippen molar-refractivity contribution in [2.75, 3.05) is 7.11 Å². The van der Waals surface area contributed by atoms with Crippen LogP contribution in [-0.2, 0) is 5.60 Å². The zero-order valence-electron chi connectivity index (χ0n) is 14.3. The molecule has 0 spiro atoms. The lowest BCUT2D eigenvalue weighted by Gasteiger charge is -2.42. The fourth-order valence-corrected chi connectivity index (χ4v) is 3.44. The first kappa shape index (κ1) is 16.4. The van der Waals surface area contributed by atoms with Crippen LogP contribution in [0.4, 0.5) is 0 Å². The molecule has 0 saturated carbocycles. The highest BCUT2D eigenvalue weighted by atomic mass is 16.5. The van der Waals surface area contributed by atoms with Crippen molar-refractivity contribution in [2.45, 2.75) is 11.7 Å². The van der Waals surface area contributed by atoms with E-state index in [1.807, 2.05) is 48.5 Å². The molecule has 0 amide bonds. The van der Waals surface area contributed by atoms with Gasteiger partial charge >= 0.3 is 0 Å². The second-order valence-corrected chi connectivity index (χ2v) is 6.20. The van der Waals surface area contributed by atoms with E-state index in [0.717, 1.165) is 0 Å². The molecule has 0 saturated heterocycles. The molecule has 4 nitrogen and oxygen atoms in total. The van der Waals surface area contributed by atoms with Crippen molar-refractivity contribution in [3.63, 3.8) is 0 Å². The van der Waals surface area contributed by atoms with Crippen LogP contribution in [0.3, 0.4) is 0 Å². The molecule has 2 unspecified atom stereocenters. The van der Waals surface area contributed by atoms with Gasteiger partial charge < -0.3 is 14.6 Å². The molecule has 26 heavy (non-hydrogen) atoms. The van der Waals surface area contributed by atoms with Gasteiger partial charge in [0.1, 0.15) is 11.5 Å². The molecule has 0 aromatic heterocycles. The van der Waals surface area contributed by atoms with Crippen LogP contribution < -0.4 is 9.47 Å². The monoisotopic (exact) mass is 346 g/mol. The van der Waals surface area contributed by atoms with Gasteiger partial charge in [0.25, 0.3) is 0 Å². The van der Waals surface area contributed by atoms with Gasteiger partial charge in [0, 0.05) is 11.1 Å².